The van der Waals surface area contributed by atoms with Gasteiger partial charge in [-0.15, -0.1) is 0 Å². The lowest BCUT2D eigenvalue weighted by Gasteiger charge is -2.25. The highest BCUT2D eigenvalue weighted by atomic mass is 79.9. The van der Waals surface area contributed by atoms with Gasteiger partial charge in [0, 0.05) is 10.5 Å². The average Bonchev–Trinajstić information content (AvgIpc) is 2.32. The van der Waals surface area contributed by atoms with Gasteiger partial charge in [0.2, 0.25) is 0 Å². The van der Waals surface area contributed by atoms with Crippen molar-refractivity contribution in [1.82, 2.24) is 0 Å². The highest BCUT2D eigenvalue weighted by Crippen LogP contribution is 2.27. The van der Waals surface area contributed by atoms with Crippen molar-refractivity contribution < 1.29 is 8.42 Å². The molecule has 18 heavy (non-hydrogen) atoms. The van der Waals surface area contributed by atoms with Gasteiger partial charge in [-0.2, -0.15) is 0 Å². The van der Waals surface area contributed by atoms with Crippen LogP contribution in [0.15, 0.2) is 33.6 Å². The fourth-order valence-electron chi connectivity index (χ4n) is 2.40. The van der Waals surface area contributed by atoms with E-state index in [-0.39, 0.29) is 17.7 Å². The zero-order valence-electron chi connectivity index (χ0n) is 10.2. The molecular formula is C13H18BrNO2S. The maximum absolute atomic E-state index is 12.2. The van der Waals surface area contributed by atoms with Crippen LogP contribution in [-0.4, -0.2) is 20.2 Å². The van der Waals surface area contributed by atoms with Crippen molar-refractivity contribution in [1.29, 1.82) is 0 Å². The third kappa shape index (κ3) is 3.56. The number of rotatable bonds is 3. The molecule has 1 aliphatic rings. The molecule has 1 aliphatic carbocycles. The predicted molar refractivity (Wildman–Crippen MR) is 76.1 cm³/mol. The predicted octanol–water partition coefficient (Wildman–Crippen LogP) is 2.74. The van der Waals surface area contributed by atoms with Crippen LogP contribution in [0.5, 0.6) is 0 Å². The smallest absolute Gasteiger partial charge is 0.178 e. The van der Waals surface area contributed by atoms with Crippen LogP contribution in [-0.2, 0) is 9.84 Å². The van der Waals surface area contributed by atoms with Crippen molar-refractivity contribution in [2.75, 3.05) is 5.75 Å². The number of sulfone groups is 1. The van der Waals surface area contributed by atoms with E-state index in [0.29, 0.717) is 4.90 Å². The van der Waals surface area contributed by atoms with E-state index in [4.69, 9.17) is 5.73 Å². The fraction of sp³-hybridized carbons (Fsp3) is 0.538. The molecule has 1 aromatic rings. The number of hydrogen-bond donors (Lipinski definition) is 1. The van der Waals surface area contributed by atoms with Gasteiger partial charge in [0.05, 0.1) is 10.6 Å². The van der Waals surface area contributed by atoms with Gasteiger partial charge >= 0.3 is 0 Å². The lowest BCUT2D eigenvalue weighted by Crippen LogP contribution is -2.29. The second-order valence-electron chi connectivity index (χ2n) is 5.02. The zero-order valence-corrected chi connectivity index (χ0v) is 12.6. The van der Waals surface area contributed by atoms with Gasteiger partial charge in [-0.25, -0.2) is 8.42 Å². The first-order chi connectivity index (χ1) is 8.47. The molecule has 0 heterocycles. The highest BCUT2D eigenvalue weighted by Gasteiger charge is 2.25. The van der Waals surface area contributed by atoms with Gasteiger partial charge < -0.3 is 5.73 Å². The molecule has 2 N–H and O–H groups in total. The standard InChI is InChI=1S/C13H18BrNO2S/c14-11-3-7-13(8-4-11)18(16,17)9-10-1-5-12(15)6-2-10/h3-4,7-8,10,12H,1-2,5-6,9,15H2. The Morgan fingerprint density at radius 2 is 1.67 bits per heavy atom. The summed E-state index contributed by atoms with van der Waals surface area (Å²) in [6.45, 7) is 0. The Hall–Kier alpha value is -0.390. The maximum atomic E-state index is 12.2. The molecule has 0 saturated heterocycles. The van der Waals surface area contributed by atoms with Gasteiger partial charge in [0.25, 0.3) is 0 Å². The molecule has 1 aromatic carbocycles. The highest BCUT2D eigenvalue weighted by molar-refractivity contribution is 9.10. The third-order valence-electron chi connectivity index (χ3n) is 3.52. The Bertz CT molecular complexity index is 490. The van der Waals surface area contributed by atoms with Crippen LogP contribution in [0.3, 0.4) is 0 Å². The van der Waals surface area contributed by atoms with Gasteiger partial charge in [-0.05, 0) is 55.9 Å². The molecule has 0 aromatic heterocycles. The minimum absolute atomic E-state index is 0.251. The van der Waals surface area contributed by atoms with Crippen LogP contribution in [0.2, 0.25) is 0 Å². The summed E-state index contributed by atoms with van der Waals surface area (Å²) in [6, 6.07) is 7.12. The summed E-state index contributed by atoms with van der Waals surface area (Å²) in [5.41, 5.74) is 5.83. The Morgan fingerprint density at radius 3 is 2.22 bits per heavy atom. The lowest BCUT2D eigenvalue weighted by atomic mass is 9.88. The summed E-state index contributed by atoms with van der Waals surface area (Å²) in [7, 11) is -3.16. The molecule has 2 rings (SSSR count). The fourth-order valence-corrected chi connectivity index (χ4v) is 4.36. The first kappa shape index (κ1) is 14.0. The van der Waals surface area contributed by atoms with E-state index < -0.39 is 9.84 Å². The molecule has 100 valence electrons. The number of benzene rings is 1. The Morgan fingerprint density at radius 1 is 1.11 bits per heavy atom. The summed E-state index contributed by atoms with van der Waals surface area (Å²) >= 11 is 3.31. The molecule has 5 heteroatoms. The molecule has 0 unspecified atom stereocenters. The molecule has 0 bridgehead atoms. The normalized spacial score (nSPS) is 25.0. The minimum Gasteiger partial charge on any atom is -0.328 e. The van der Waals surface area contributed by atoms with Crippen LogP contribution in [0, 0.1) is 5.92 Å². The lowest BCUT2D eigenvalue weighted by molar-refractivity contribution is 0.348. The summed E-state index contributed by atoms with van der Waals surface area (Å²) in [6.07, 6.45) is 3.74. The van der Waals surface area contributed by atoms with Crippen LogP contribution in [0.1, 0.15) is 25.7 Å². The van der Waals surface area contributed by atoms with Crippen molar-refractivity contribution in [3.05, 3.63) is 28.7 Å². The van der Waals surface area contributed by atoms with E-state index in [0.717, 1.165) is 30.2 Å². The monoisotopic (exact) mass is 331 g/mol. The van der Waals surface area contributed by atoms with Gasteiger partial charge in [-0.3, -0.25) is 0 Å². The van der Waals surface area contributed by atoms with Crippen LogP contribution in [0.4, 0.5) is 0 Å². The molecule has 3 nitrogen and oxygen atoms in total. The van der Waals surface area contributed by atoms with Crippen molar-refractivity contribution in [2.24, 2.45) is 11.7 Å². The summed E-state index contributed by atoms with van der Waals surface area (Å²) in [5.74, 6) is 0.514. The maximum Gasteiger partial charge on any atom is 0.178 e. The van der Waals surface area contributed by atoms with Crippen molar-refractivity contribution in [3.63, 3.8) is 0 Å². The average molecular weight is 332 g/mol. The summed E-state index contributed by atoms with van der Waals surface area (Å²) in [4.78, 5) is 0.417. The van der Waals surface area contributed by atoms with E-state index in [9.17, 15) is 8.42 Å². The first-order valence-corrected chi connectivity index (χ1v) is 8.66. The molecule has 0 amide bonds. The molecule has 1 fully saturated rings. The van der Waals surface area contributed by atoms with Crippen molar-refractivity contribution in [2.45, 2.75) is 36.6 Å². The molecule has 0 aliphatic heterocycles. The van der Waals surface area contributed by atoms with Crippen LogP contribution in [0.25, 0.3) is 0 Å². The van der Waals surface area contributed by atoms with E-state index in [1.807, 2.05) is 0 Å². The molecular weight excluding hydrogens is 314 g/mol. The van der Waals surface area contributed by atoms with Crippen LogP contribution < -0.4 is 5.73 Å². The largest absolute Gasteiger partial charge is 0.328 e. The minimum atomic E-state index is -3.16. The Labute approximate surface area is 117 Å². The quantitative estimate of drug-likeness (QED) is 0.926. The topological polar surface area (TPSA) is 60.2 Å². The number of hydrogen-bond acceptors (Lipinski definition) is 3. The Balaban J connectivity index is 2.05. The molecule has 0 atom stereocenters. The van der Waals surface area contributed by atoms with Gasteiger partial charge in [0.1, 0.15) is 0 Å². The van der Waals surface area contributed by atoms with Crippen molar-refractivity contribution >= 4 is 25.8 Å². The second-order valence-corrected chi connectivity index (χ2v) is 7.97. The molecule has 1 saturated carbocycles. The zero-order chi connectivity index (χ0) is 13.2. The molecule has 0 spiro atoms. The van der Waals surface area contributed by atoms with E-state index in [1.54, 1.807) is 24.3 Å². The van der Waals surface area contributed by atoms with E-state index >= 15 is 0 Å². The third-order valence-corrected chi connectivity index (χ3v) is 5.95. The number of nitrogens with two attached hydrogens (primary N) is 1. The van der Waals surface area contributed by atoms with Crippen LogP contribution >= 0.6 is 15.9 Å². The van der Waals surface area contributed by atoms with Gasteiger partial charge in [-0.1, -0.05) is 15.9 Å². The molecule has 0 radical (unpaired) electrons. The Kier molecular flexibility index (Phi) is 4.45. The van der Waals surface area contributed by atoms with Gasteiger partial charge in [0.15, 0.2) is 9.84 Å². The van der Waals surface area contributed by atoms with Crippen molar-refractivity contribution in [3.8, 4) is 0 Å². The van der Waals surface area contributed by atoms with E-state index in [2.05, 4.69) is 15.9 Å². The summed E-state index contributed by atoms with van der Waals surface area (Å²) in [5, 5.41) is 0. The summed E-state index contributed by atoms with van der Waals surface area (Å²) < 4.78 is 25.4. The number of halogens is 1. The van der Waals surface area contributed by atoms with E-state index in [1.165, 1.54) is 0 Å². The SMILES string of the molecule is NC1CCC(CS(=O)(=O)c2ccc(Br)cc2)CC1. The first-order valence-electron chi connectivity index (χ1n) is 6.21. The second kappa shape index (κ2) is 5.72.